The first-order valence-corrected chi connectivity index (χ1v) is 6.84. The molecule has 0 aromatic heterocycles. The van der Waals surface area contributed by atoms with E-state index in [0.717, 1.165) is 0 Å². The molecular weight excluding hydrogens is 285 g/mol. The molecule has 1 rings (SSSR count). The van der Waals surface area contributed by atoms with E-state index in [9.17, 15) is 9.90 Å². The number of hydrogen-bond acceptors (Lipinski definition) is 3. The maximum Gasteiger partial charge on any atom is 0.165 e. The Bertz CT molecular complexity index is 461. The molecule has 0 aliphatic carbocycles. The second-order valence-electron chi connectivity index (χ2n) is 5.17. The van der Waals surface area contributed by atoms with Crippen LogP contribution >= 0.6 is 23.2 Å². The summed E-state index contributed by atoms with van der Waals surface area (Å²) in [5.41, 5.74) is 0.0997. The molecule has 19 heavy (non-hydrogen) atoms. The third kappa shape index (κ3) is 4.18. The quantitative estimate of drug-likeness (QED) is 0.820. The molecule has 0 saturated heterocycles. The summed E-state index contributed by atoms with van der Waals surface area (Å²) < 4.78 is 0. The number of carbonyl (C=O) groups is 1. The summed E-state index contributed by atoms with van der Waals surface area (Å²) >= 11 is 11.9. The molecule has 106 valence electrons. The molecule has 0 radical (unpaired) electrons. The summed E-state index contributed by atoms with van der Waals surface area (Å²) in [6.45, 7) is 4.43. The number of nitrogens with zero attached hydrogens (tertiary/aromatic N) is 1. The summed E-state index contributed by atoms with van der Waals surface area (Å²) in [6, 6.07) is 5.04. The highest BCUT2D eigenvalue weighted by Crippen LogP contribution is 2.26. The van der Waals surface area contributed by atoms with Crippen molar-refractivity contribution in [3.63, 3.8) is 0 Å². The maximum atomic E-state index is 12.1. The van der Waals surface area contributed by atoms with Gasteiger partial charge in [0.15, 0.2) is 5.78 Å². The molecule has 1 aromatic rings. The Labute approximate surface area is 124 Å². The smallest absolute Gasteiger partial charge is 0.165 e. The van der Waals surface area contributed by atoms with Gasteiger partial charge in [-0.05, 0) is 33.0 Å². The number of Topliss-reactive ketones (excluding diaryl/α,β-unsaturated/α-hetero) is 1. The van der Waals surface area contributed by atoms with Gasteiger partial charge in [0, 0.05) is 24.1 Å². The second kappa shape index (κ2) is 6.71. The van der Waals surface area contributed by atoms with Gasteiger partial charge in [-0.15, -0.1) is 0 Å². The predicted octanol–water partition coefficient (Wildman–Crippen LogP) is 3.27. The van der Waals surface area contributed by atoms with Crippen molar-refractivity contribution in [1.29, 1.82) is 0 Å². The minimum absolute atomic E-state index is 0.0373. The number of aliphatic hydroxyl groups excluding tert-OH is 1. The van der Waals surface area contributed by atoms with Crippen molar-refractivity contribution in [2.75, 3.05) is 20.2 Å². The molecule has 0 fully saturated rings. The van der Waals surface area contributed by atoms with Gasteiger partial charge in [0.2, 0.25) is 0 Å². The Morgan fingerprint density at radius 1 is 1.37 bits per heavy atom. The second-order valence-corrected chi connectivity index (χ2v) is 5.95. The van der Waals surface area contributed by atoms with E-state index in [1.807, 2.05) is 25.8 Å². The van der Waals surface area contributed by atoms with Crippen LogP contribution in [0.15, 0.2) is 18.2 Å². The summed E-state index contributed by atoms with van der Waals surface area (Å²) in [7, 11) is 1.88. The summed E-state index contributed by atoms with van der Waals surface area (Å²) in [6.07, 6.45) is 0.333. The average molecular weight is 304 g/mol. The lowest BCUT2D eigenvalue weighted by Crippen LogP contribution is -2.45. The van der Waals surface area contributed by atoms with Crippen LogP contribution in [0.1, 0.15) is 30.6 Å². The lowest BCUT2D eigenvalue weighted by atomic mass is 10.0. The fraction of sp³-hybridized carbons (Fsp3) is 0.500. The maximum absolute atomic E-state index is 12.1. The van der Waals surface area contributed by atoms with Crippen molar-refractivity contribution in [3.8, 4) is 0 Å². The first-order chi connectivity index (χ1) is 8.79. The molecule has 0 aliphatic heterocycles. The summed E-state index contributed by atoms with van der Waals surface area (Å²) in [5, 5.41) is 9.95. The Morgan fingerprint density at radius 3 is 2.58 bits per heavy atom. The molecule has 5 heteroatoms. The fourth-order valence-corrected chi connectivity index (χ4v) is 1.95. The normalized spacial score (nSPS) is 11.9. The van der Waals surface area contributed by atoms with Crippen LogP contribution < -0.4 is 0 Å². The predicted molar refractivity (Wildman–Crippen MR) is 79.2 cm³/mol. The van der Waals surface area contributed by atoms with Crippen LogP contribution in [0.5, 0.6) is 0 Å². The van der Waals surface area contributed by atoms with Crippen molar-refractivity contribution in [1.82, 2.24) is 4.90 Å². The van der Waals surface area contributed by atoms with Crippen molar-refractivity contribution < 1.29 is 9.90 Å². The molecule has 0 unspecified atom stereocenters. The van der Waals surface area contributed by atoms with Gasteiger partial charge in [0.05, 0.1) is 16.7 Å². The van der Waals surface area contributed by atoms with Gasteiger partial charge in [-0.3, -0.25) is 9.69 Å². The number of carbonyl (C=O) groups excluding carboxylic acids is 1. The van der Waals surface area contributed by atoms with E-state index >= 15 is 0 Å². The third-order valence-electron chi connectivity index (χ3n) is 3.35. The van der Waals surface area contributed by atoms with E-state index in [1.54, 1.807) is 18.2 Å². The zero-order valence-corrected chi connectivity index (χ0v) is 12.9. The topological polar surface area (TPSA) is 40.5 Å². The number of likely N-dealkylation sites (N-methyl/N-ethyl adjacent to an activating group) is 1. The largest absolute Gasteiger partial charge is 0.394 e. The standard InChI is InChI=1S/C14H19Cl2NO2/c1-14(2,9-18)17(3)8-7-12(19)10-5-4-6-11(15)13(10)16/h4-6,18H,7-9H2,1-3H3. The molecule has 0 aliphatic rings. The highest BCUT2D eigenvalue weighted by molar-refractivity contribution is 6.43. The molecule has 0 atom stereocenters. The number of rotatable bonds is 6. The SMILES string of the molecule is CN(CCC(=O)c1cccc(Cl)c1Cl)C(C)(C)CO. The lowest BCUT2D eigenvalue weighted by Gasteiger charge is -2.33. The van der Waals surface area contributed by atoms with Gasteiger partial charge < -0.3 is 5.11 Å². The first kappa shape index (κ1) is 16.4. The van der Waals surface area contributed by atoms with E-state index < -0.39 is 0 Å². The number of ketones is 1. The minimum Gasteiger partial charge on any atom is -0.394 e. The molecule has 1 aromatic carbocycles. The molecule has 0 bridgehead atoms. The van der Waals surface area contributed by atoms with Crippen LogP contribution in [0.2, 0.25) is 10.0 Å². The van der Waals surface area contributed by atoms with Crippen LogP contribution in [0, 0.1) is 0 Å². The molecule has 0 heterocycles. The van der Waals surface area contributed by atoms with Gasteiger partial charge in [-0.1, -0.05) is 29.3 Å². The van der Waals surface area contributed by atoms with E-state index in [4.69, 9.17) is 23.2 Å². The van der Waals surface area contributed by atoms with E-state index in [1.165, 1.54) is 0 Å². The van der Waals surface area contributed by atoms with Crippen molar-refractivity contribution in [2.45, 2.75) is 25.8 Å². The monoisotopic (exact) mass is 303 g/mol. The van der Waals surface area contributed by atoms with Crippen molar-refractivity contribution in [3.05, 3.63) is 33.8 Å². The molecule has 0 saturated carbocycles. The Hall–Kier alpha value is -0.610. The first-order valence-electron chi connectivity index (χ1n) is 6.09. The number of aliphatic hydroxyl groups is 1. The average Bonchev–Trinajstić information content (AvgIpc) is 2.38. The molecule has 1 N–H and O–H groups in total. The molecule has 0 amide bonds. The van der Waals surface area contributed by atoms with Crippen LogP contribution in [0.3, 0.4) is 0 Å². The lowest BCUT2D eigenvalue weighted by molar-refractivity contribution is 0.0725. The van der Waals surface area contributed by atoms with Gasteiger partial charge in [0.25, 0.3) is 0 Å². The molecule has 3 nitrogen and oxygen atoms in total. The number of benzene rings is 1. The van der Waals surface area contributed by atoms with Crippen LogP contribution in [0.4, 0.5) is 0 Å². The minimum atomic E-state index is -0.349. The van der Waals surface area contributed by atoms with Gasteiger partial charge >= 0.3 is 0 Å². The van der Waals surface area contributed by atoms with Crippen molar-refractivity contribution >= 4 is 29.0 Å². The van der Waals surface area contributed by atoms with E-state index in [2.05, 4.69) is 0 Å². The summed E-state index contributed by atoms with van der Waals surface area (Å²) in [5.74, 6) is -0.0481. The van der Waals surface area contributed by atoms with Gasteiger partial charge in [0.1, 0.15) is 0 Å². The van der Waals surface area contributed by atoms with Gasteiger partial charge in [-0.2, -0.15) is 0 Å². The zero-order valence-electron chi connectivity index (χ0n) is 11.4. The Morgan fingerprint density at radius 2 is 2.00 bits per heavy atom. The van der Waals surface area contributed by atoms with Gasteiger partial charge in [-0.25, -0.2) is 0 Å². The van der Waals surface area contributed by atoms with E-state index in [-0.39, 0.29) is 17.9 Å². The van der Waals surface area contributed by atoms with Crippen molar-refractivity contribution in [2.24, 2.45) is 0 Å². The number of hydrogen-bond donors (Lipinski definition) is 1. The summed E-state index contributed by atoms with van der Waals surface area (Å²) in [4.78, 5) is 14.1. The number of halogens is 2. The van der Waals surface area contributed by atoms with Crippen LogP contribution in [0.25, 0.3) is 0 Å². The fourth-order valence-electron chi connectivity index (χ4n) is 1.55. The molecular formula is C14H19Cl2NO2. The Kier molecular flexibility index (Phi) is 5.81. The van der Waals surface area contributed by atoms with Crippen LogP contribution in [-0.4, -0.2) is 41.5 Å². The third-order valence-corrected chi connectivity index (χ3v) is 4.17. The van der Waals surface area contributed by atoms with E-state index in [0.29, 0.717) is 28.6 Å². The Balaban J connectivity index is 2.69. The zero-order chi connectivity index (χ0) is 14.6. The highest BCUT2D eigenvalue weighted by Gasteiger charge is 2.23. The van der Waals surface area contributed by atoms with Crippen LogP contribution in [-0.2, 0) is 0 Å². The highest BCUT2D eigenvalue weighted by atomic mass is 35.5. The molecule has 0 spiro atoms.